The predicted molar refractivity (Wildman–Crippen MR) is 81.6 cm³/mol. The van der Waals surface area contributed by atoms with Crippen LogP contribution in [-0.4, -0.2) is 23.1 Å². The first-order chi connectivity index (χ1) is 9.12. The monoisotopic (exact) mass is 263 g/mol. The molecule has 1 aromatic heterocycles. The van der Waals surface area contributed by atoms with E-state index in [9.17, 15) is 0 Å². The molecule has 1 N–H and O–H groups in total. The molecule has 0 fully saturated rings. The van der Waals surface area contributed by atoms with Crippen LogP contribution >= 0.6 is 0 Å². The van der Waals surface area contributed by atoms with Crippen LogP contribution < -0.4 is 5.32 Å². The average Bonchev–Trinajstić information content (AvgIpc) is 2.42. The van der Waals surface area contributed by atoms with Crippen LogP contribution in [0.25, 0.3) is 0 Å². The summed E-state index contributed by atoms with van der Waals surface area (Å²) >= 11 is 0. The maximum atomic E-state index is 4.69. The van der Waals surface area contributed by atoms with E-state index in [1.807, 2.05) is 0 Å². The van der Waals surface area contributed by atoms with Gasteiger partial charge in [-0.3, -0.25) is 0 Å². The second-order valence-corrected chi connectivity index (χ2v) is 5.42. The quantitative estimate of drug-likeness (QED) is 0.733. The summed E-state index contributed by atoms with van der Waals surface area (Å²) in [6.45, 7) is 13.1. The van der Waals surface area contributed by atoms with Gasteiger partial charge in [-0.15, -0.1) is 0 Å². The summed E-state index contributed by atoms with van der Waals surface area (Å²) in [5.74, 6) is 1.70. The molecule has 0 bridgehead atoms. The molecule has 0 saturated heterocycles. The van der Waals surface area contributed by atoms with Crippen molar-refractivity contribution < 1.29 is 0 Å². The lowest BCUT2D eigenvalue weighted by atomic mass is 10.0. The van der Waals surface area contributed by atoms with E-state index in [4.69, 9.17) is 9.97 Å². The molecule has 3 nitrogen and oxygen atoms in total. The van der Waals surface area contributed by atoms with Gasteiger partial charge in [-0.1, -0.05) is 34.6 Å². The third-order valence-corrected chi connectivity index (χ3v) is 3.32. The van der Waals surface area contributed by atoms with E-state index in [0.717, 1.165) is 44.6 Å². The van der Waals surface area contributed by atoms with Gasteiger partial charge >= 0.3 is 0 Å². The summed E-state index contributed by atoms with van der Waals surface area (Å²) in [6.07, 6.45) is 3.97. The fourth-order valence-corrected chi connectivity index (χ4v) is 2.27. The number of nitrogens with zero attached hydrogens (tertiary/aromatic N) is 2. The van der Waals surface area contributed by atoms with Crippen molar-refractivity contribution in [3.05, 3.63) is 22.8 Å². The molecule has 0 spiro atoms. The van der Waals surface area contributed by atoms with Gasteiger partial charge in [0.15, 0.2) is 0 Å². The third-order valence-electron chi connectivity index (χ3n) is 3.32. The molecule has 0 radical (unpaired) electrons. The Morgan fingerprint density at radius 1 is 0.947 bits per heavy atom. The smallest absolute Gasteiger partial charge is 0.128 e. The molecule has 0 aliphatic rings. The number of aryl methyl sites for hydroxylation is 3. The number of aromatic nitrogens is 2. The first-order valence-corrected chi connectivity index (χ1v) is 7.70. The Hall–Kier alpha value is -0.960. The molecule has 0 saturated carbocycles. The van der Waals surface area contributed by atoms with E-state index < -0.39 is 0 Å². The molecule has 108 valence electrons. The van der Waals surface area contributed by atoms with Crippen molar-refractivity contribution in [2.24, 2.45) is 5.92 Å². The summed E-state index contributed by atoms with van der Waals surface area (Å²) in [4.78, 5) is 9.39. The average molecular weight is 263 g/mol. The van der Waals surface area contributed by atoms with Crippen LogP contribution in [0.15, 0.2) is 0 Å². The molecule has 0 aliphatic heterocycles. The zero-order chi connectivity index (χ0) is 14.3. The zero-order valence-corrected chi connectivity index (χ0v) is 13.2. The molecule has 1 aromatic rings. The highest BCUT2D eigenvalue weighted by Crippen LogP contribution is 2.14. The first kappa shape index (κ1) is 16.1. The van der Waals surface area contributed by atoms with Crippen molar-refractivity contribution in [3.8, 4) is 0 Å². The van der Waals surface area contributed by atoms with Gasteiger partial charge < -0.3 is 5.32 Å². The van der Waals surface area contributed by atoms with Gasteiger partial charge in [0.2, 0.25) is 0 Å². The van der Waals surface area contributed by atoms with Crippen molar-refractivity contribution in [3.63, 3.8) is 0 Å². The van der Waals surface area contributed by atoms with Crippen LogP contribution in [-0.2, 0) is 25.7 Å². The minimum absolute atomic E-state index is 0.704. The summed E-state index contributed by atoms with van der Waals surface area (Å²) in [7, 11) is 0. The minimum atomic E-state index is 0.704. The van der Waals surface area contributed by atoms with E-state index in [1.54, 1.807) is 0 Å². The maximum absolute atomic E-state index is 4.69. The molecule has 19 heavy (non-hydrogen) atoms. The van der Waals surface area contributed by atoms with Crippen LogP contribution in [0.1, 0.15) is 57.4 Å². The Labute approximate surface area is 118 Å². The largest absolute Gasteiger partial charge is 0.316 e. The molecule has 0 atom stereocenters. The number of rotatable bonds is 8. The zero-order valence-electron chi connectivity index (χ0n) is 13.2. The van der Waals surface area contributed by atoms with Crippen molar-refractivity contribution >= 4 is 0 Å². The fraction of sp³-hybridized carbons (Fsp3) is 0.750. The second kappa shape index (κ2) is 8.26. The van der Waals surface area contributed by atoms with Gasteiger partial charge in [-0.2, -0.15) is 0 Å². The summed E-state index contributed by atoms with van der Waals surface area (Å²) in [5, 5.41) is 3.51. The van der Waals surface area contributed by atoms with Crippen molar-refractivity contribution in [2.75, 3.05) is 13.1 Å². The van der Waals surface area contributed by atoms with Gasteiger partial charge in [0.25, 0.3) is 0 Å². The Morgan fingerprint density at radius 2 is 1.53 bits per heavy atom. The lowest BCUT2D eigenvalue weighted by Gasteiger charge is -2.14. The summed E-state index contributed by atoms with van der Waals surface area (Å²) in [5.41, 5.74) is 3.86. The van der Waals surface area contributed by atoms with Crippen molar-refractivity contribution in [2.45, 2.75) is 60.3 Å². The lowest BCUT2D eigenvalue weighted by molar-refractivity contribution is 0.552. The number of nitrogens with one attached hydrogen (secondary N) is 1. The van der Waals surface area contributed by atoms with Crippen LogP contribution in [0.3, 0.4) is 0 Å². The van der Waals surface area contributed by atoms with Gasteiger partial charge in [0, 0.05) is 17.8 Å². The molecule has 3 heteroatoms. The Bertz CT molecular complexity index is 361. The van der Waals surface area contributed by atoms with Crippen LogP contribution in [0, 0.1) is 5.92 Å². The highest BCUT2D eigenvalue weighted by Gasteiger charge is 2.11. The number of hydrogen-bond donors (Lipinski definition) is 1. The summed E-state index contributed by atoms with van der Waals surface area (Å²) < 4.78 is 0. The van der Waals surface area contributed by atoms with Gasteiger partial charge in [-0.05, 0) is 43.8 Å². The van der Waals surface area contributed by atoms with Gasteiger partial charge in [-0.25, -0.2) is 9.97 Å². The molecular weight excluding hydrogens is 234 g/mol. The molecule has 0 aliphatic carbocycles. The van der Waals surface area contributed by atoms with E-state index in [1.165, 1.54) is 17.0 Å². The van der Waals surface area contributed by atoms with Crippen molar-refractivity contribution in [1.82, 2.24) is 15.3 Å². The Balaban J connectivity index is 2.79. The lowest BCUT2D eigenvalue weighted by Crippen LogP contribution is -2.23. The molecule has 1 heterocycles. The Morgan fingerprint density at radius 3 is 1.95 bits per heavy atom. The molecule has 0 aromatic carbocycles. The predicted octanol–water partition coefficient (Wildman–Crippen LogP) is 2.95. The molecule has 1 rings (SSSR count). The first-order valence-electron chi connectivity index (χ1n) is 7.70. The van der Waals surface area contributed by atoms with Gasteiger partial charge in [0.05, 0.1) is 0 Å². The maximum Gasteiger partial charge on any atom is 0.128 e. The van der Waals surface area contributed by atoms with E-state index >= 15 is 0 Å². The van der Waals surface area contributed by atoms with E-state index in [-0.39, 0.29) is 0 Å². The number of hydrogen-bond acceptors (Lipinski definition) is 3. The molecule has 0 unspecified atom stereocenters. The topological polar surface area (TPSA) is 37.8 Å². The fourth-order valence-electron chi connectivity index (χ4n) is 2.27. The second-order valence-electron chi connectivity index (χ2n) is 5.42. The minimum Gasteiger partial charge on any atom is -0.316 e. The van der Waals surface area contributed by atoms with Crippen molar-refractivity contribution in [1.29, 1.82) is 0 Å². The highest BCUT2D eigenvalue weighted by molar-refractivity contribution is 5.27. The SMILES string of the molecule is CCc1nc(CC)c(CCNCC(C)C)c(CC)n1. The summed E-state index contributed by atoms with van der Waals surface area (Å²) in [6, 6.07) is 0. The normalized spacial score (nSPS) is 11.3. The molecular formula is C16H29N3. The van der Waals surface area contributed by atoms with Crippen LogP contribution in [0.5, 0.6) is 0 Å². The third kappa shape index (κ3) is 4.90. The van der Waals surface area contributed by atoms with E-state index in [2.05, 4.69) is 39.9 Å². The van der Waals surface area contributed by atoms with Crippen LogP contribution in [0.4, 0.5) is 0 Å². The van der Waals surface area contributed by atoms with Crippen LogP contribution in [0.2, 0.25) is 0 Å². The van der Waals surface area contributed by atoms with Gasteiger partial charge in [0.1, 0.15) is 5.82 Å². The molecule has 0 amide bonds. The van der Waals surface area contributed by atoms with E-state index in [0.29, 0.717) is 5.92 Å². The highest BCUT2D eigenvalue weighted by atomic mass is 14.9. The standard InChI is InChI=1S/C16H29N3/c1-6-14-13(9-10-17-11-12(4)5)15(7-2)19-16(8-3)18-14/h12,17H,6-11H2,1-5H3. The Kier molecular flexibility index (Phi) is 7.00.